The molecule has 3 rings (SSSR count). The second-order valence-electron chi connectivity index (χ2n) is 6.64. The molecule has 0 unspecified atom stereocenters. The van der Waals surface area contributed by atoms with Gasteiger partial charge in [0.2, 0.25) is 5.91 Å². The summed E-state index contributed by atoms with van der Waals surface area (Å²) in [6.07, 6.45) is 2.83. The van der Waals surface area contributed by atoms with Crippen molar-refractivity contribution in [2.75, 3.05) is 44.3 Å². The van der Waals surface area contributed by atoms with E-state index in [-0.39, 0.29) is 5.92 Å². The number of anilines is 1. The third-order valence-corrected chi connectivity index (χ3v) is 5.18. The van der Waals surface area contributed by atoms with Crippen molar-refractivity contribution in [3.63, 3.8) is 0 Å². The lowest BCUT2D eigenvalue weighted by Gasteiger charge is -2.39. The average Bonchev–Trinajstić information content (AvgIpc) is 2.62. The summed E-state index contributed by atoms with van der Waals surface area (Å²) >= 11 is 0. The van der Waals surface area contributed by atoms with Crippen molar-refractivity contribution < 1.29 is 9.53 Å². The zero-order valence-electron chi connectivity index (χ0n) is 14.4. The largest absolute Gasteiger partial charge is 0.381 e. The predicted molar refractivity (Wildman–Crippen MR) is 92.9 cm³/mol. The highest BCUT2D eigenvalue weighted by Gasteiger charge is 2.29. The van der Waals surface area contributed by atoms with Crippen LogP contribution in [-0.2, 0) is 16.0 Å². The van der Waals surface area contributed by atoms with E-state index in [9.17, 15) is 4.79 Å². The quantitative estimate of drug-likeness (QED) is 0.859. The summed E-state index contributed by atoms with van der Waals surface area (Å²) in [6.45, 7) is 9.43. The molecular formula is C19H28N2O2. The zero-order valence-corrected chi connectivity index (χ0v) is 14.4. The van der Waals surface area contributed by atoms with Gasteiger partial charge in [-0.1, -0.05) is 25.1 Å². The molecule has 126 valence electrons. The second-order valence-corrected chi connectivity index (χ2v) is 6.64. The molecule has 2 heterocycles. The third kappa shape index (κ3) is 3.52. The molecule has 0 atom stereocenters. The number of amides is 1. The molecule has 0 bridgehead atoms. The third-order valence-electron chi connectivity index (χ3n) is 5.18. The van der Waals surface area contributed by atoms with Crippen molar-refractivity contribution in [1.82, 2.24) is 4.90 Å². The fourth-order valence-corrected chi connectivity index (χ4v) is 3.81. The van der Waals surface area contributed by atoms with Crippen LogP contribution >= 0.6 is 0 Å². The van der Waals surface area contributed by atoms with Crippen molar-refractivity contribution in [2.45, 2.75) is 33.1 Å². The predicted octanol–water partition coefficient (Wildman–Crippen LogP) is 2.63. The normalized spacial score (nSPS) is 19.9. The van der Waals surface area contributed by atoms with Gasteiger partial charge in [0.1, 0.15) is 0 Å². The van der Waals surface area contributed by atoms with Crippen molar-refractivity contribution in [3.8, 4) is 0 Å². The maximum atomic E-state index is 12.6. The van der Waals surface area contributed by atoms with Crippen LogP contribution in [0.1, 0.15) is 30.9 Å². The van der Waals surface area contributed by atoms with Gasteiger partial charge in [-0.2, -0.15) is 0 Å². The Bertz CT molecular complexity index is 544. The molecule has 0 spiro atoms. The Morgan fingerprint density at radius 2 is 1.87 bits per heavy atom. The van der Waals surface area contributed by atoms with E-state index in [2.05, 4.69) is 41.8 Å². The first-order valence-corrected chi connectivity index (χ1v) is 8.90. The van der Waals surface area contributed by atoms with Crippen molar-refractivity contribution >= 4 is 11.6 Å². The van der Waals surface area contributed by atoms with Gasteiger partial charge in [0, 0.05) is 51.0 Å². The molecule has 0 aromatic heterocycles. The van der Waals surface area contributed by atoms with E-state index in [0.717, 1.165) is 58.7 Å². The number of benzene rings is 1. The Morgan fingerprint density at radius 1 is 1.17 bits per heavy atom. The molecule has 1 aromatic carbocycles. The number of carbonyl (C=O) groups is 1. The summed E-state index contributed by atoms with van der Waals surface area (Å²) in [6, 6.07) is 6.55. The average molecular weight is 316 g/mol. The van der Waals surface area contributed by atoms with Crippen LogP contribution in [0.25, 0.3) is 0 Å². The van der Waals surface area contributed by atoms with Crippen molar-refractivity contribution in [2.24, 2.45) is 5.92 Å². The molecule has 2 aliphatic rings. The summed E-state index contributed by atoms with van der Waals surface area (Å²) in [5.41, 5.74) is 4.14. The van der Waals surface area contributed by atoms with Crippen LogP contribution < -0.4 is 4.90 Å². The number of rotatable bonds is 3. The molecule has 4 nitrogen and oxygen atoms in total. The van der Waals surface area contributed by atoms with Crippen LogP contribution in [0.15, 0.2) is 18.2 Å². The van der Waals surface area contributed by atoms with Crippen LogP contribution in [0.4, 0.5) is 5.69 Å². The SMILES string of the molecule is CCc1cccc(C)c1N1CCN(C(=O)C2CCOCC2)CC1. The number of para-hydroxylation sites is 1. The monoisotopic (exact) mass is 316 g/mol. The fraction of sp³-hybridized carbons (Fsp3) is 0.632. The standard InChI is InChI=1S/C19H28N2O2/c1-3-16-6-4-5-15(2)18(16)20-9-11-21(12-10-20)19(22)17-7-13-23-14-8-17/h4-6,17H,3,7-14H2,1-2H3. The summed E-state index contributed by atoms with van der Waals surface area (Å²) in [4.78, 5) is 17.2. The molecule has 2 fully saturated rings. The van der Waals surface area contributed by atoms with Gasteiger partial charge in [0.25, 0.3) is 0 Å². The van der Waals surface area contributed by atoms with Gasteiger partial charge >= 0.3 is 0 Å². The molecule has 2 saturated heterocycles. The first-order valence-electron chi connectivity index (χ1n) is 8.90. The number of carbonyl (C=O) groups excluding carboxylic acids is 1. The molecule has 0 N–H and O–H groups in total. The molecule has 2 aliphatic heterocycles. The van der Waals surface area contributed by atoms with E-state index >= 15 is 0 Å². The number of nitrogens with zero attached hydrogens (tertiary/aromatic N) is 2. The van der Waals surface area contributed by atoms with E-state index in [0.29, 0.717) is 5.91 Å². The summed E-state index contributed by atoms with van der Waals surface area (Å²) in [5, 5.41) is 0. The Morgan fingerprint density at radius 3 is 2.52 bits per heavy atom. The Kier molecular flexibility index (Phi) is 5.21. The van der Waals surface area contributed by atoms with Crippen LogP contribution in [-0.4, -0.2) is 50.2 Å². The van der Waals surface area contributed by atoms with E-state index in [1.54, 1.807) is 0 Å². The Balaban J connectivity index is 1.63. The van der Waals surface area contributed by atoms with Gasteiger partial charge in [0.15, 0.2) is 0 Å². The molecule has 0 radical (unpaired) electrons. The number of piperazine rings is 1. The second kappa shape index (κ2) is 7.35. The maximum Gasteiger partial charge on any atom is 0.225 e. The highest BCUT2D eigenvalue weighted by Crippen LogP contribution is 2.27. The molecular weight excluding hydrogens is 288 g/mol. The van der Waals surface area contributed by atoms with E-state index in [1.165, 1.54) is 16.8 Å². The molecule has 23 heavy (non-hydrogen) atoms. The smallest absolute Gasteiger partial charge is 0.225 e. The van der Waals surface area contributed by atoms with Crippen molar-refractivity contribution in [3.05, 3.63) is 29.3 Å². The number of hydrogen-bond acceptors (Lipinski definition) is 3. The minimum Gasteiger partial charge on any atom is -0.381 e. The molecule has 1 aromatic rings. The number of ether oxygens (including phenoxy) is 1. The van der Waals surface area contributed by atoms with Crippen LogP contribution in [0.3, 0.4) is 0 Å². The molecule has 0 saturated carbocycles. The van der Waals surface area contributed by atoms with Gasteiger partial charge in [-0.3, -0.25) is 4.79 Å². The first kappa shape index (κ1) is 16.3. The van der Waals surface area contributed by atoms with Gasteiger partial charge in [0.05, 0.1) is 0 Å². The fourth-order valence-electron chi connectivity index (χ4n) is 3.81. The maximum absolute atomic E-state index is 12.6. The molecule has 4 heteroatoms. The van der Waals surface area contributed by atoms with E-state index in [1.807, 2.05) is 0 Å². The van der Waals surface area contributed by atoms with Crippen LogP contribution in [0.2, 0.25) is 0 Å². The molecule has 0 aliphatic carbocycles. The lowest BCUT2D eigenvalue weighted by molar-refractivity contribution is -0.138. The van der Waals surface area contributed by atoms with E-state index in [4.69, 9.17) is 4.74 Å². The Hall–Kier alpha value is -1.55. The lowest BCUT2D eigenvalue weighted by Crippen LogP contribution is -2.51. The van der Waals surface area contributed by atoms with Gasteiger partial charge < -0.3 is 14.5 Å². The number of hydrogen-bond donors (Lipinski definition) is 0. The molecule has 1 amide bonds. The van der Waals surface area contributed by atoms with Gasteiger partial charge in [-0.05, 0) is 37.3 Å². The Labute approximate surface area is 139 Å². The van der Waals surface area contributed by atoms with Crippen LogP contribution in [0, 0.1) is 12.8 Å². The highest BCUT2D eigenvalue weighted by atomic mass is 16.5. The van der Waals surface area contributed by atoms with E-state index < -0.39 is 0 Å². The summed E-state index contributed by atoms with van der Waals surface area (Å²) in [5.74, 6) is 0.522. The minimum atomic E-state index is 0.181. The van der Waals surface area contributed by atoms with Gasteiger partial charge in [-0.25, -0.2) is 0 Å². The van der Waals surface area contributed by atoms with Crippen LogP contribution in [0.5, 0.6) is 0 Å². The first-order chi connectivity index (χ1) is 11.2. The van der Waals surface area contributed by atoms with Crippen molar-refractivity contribution in [1.29, 1.82) is 0 Å². The minimum absolute atomic E-state index is 0.181. The van der Waals surface area contributed by atoms with Gasteiger partial charge in [-0.15, -0.1) is 0 Å². The number of aryl methyl sites for hydroxylation is 2. The highest BCUT2D eigenvalue weighted by molar-refractivity contribution is 5.79. The zero-order chi connectivity index (χ0) is 16.2. The topological polar surface area (TPSA) is 32.8 Å². The summed E-state index contributed by atoms with van der Waals surface area (Å²) in [7, 11) is 0. The summed E-state index contributed by atoms with van der Waals surface area (Å²) < 4.78 is 5.37. The lowest BCUT2D eigenvalue weighted by atomic mass is 9.98.